The summed E-state index contributed by atoms with van der Waals surface area (Å²) >= 11 is 0. The second-order valence-electron chi connectivity index (χ2n) is 2.75. The molecule has 1 amide bonds. The summed E-state index contributed by atoms with van der Waals surface area (Å²) in [4.78, 5) is 21.2. The fourth-order valence-electron chi connectivity index (χ4n) is 1.05. The van der Waals surface area contributed by atoms with Crippen LogP contribution in [0.2, 0.25) is 0 Å². The van der Waals surface area contributed by atoms with Gasteiger partial charge in [-0.15, -0.1) is 4.91 Å². The molecule has 0 atom stereocenters. The monoisotopic (exact) mass is 178 g/mol. The van der Waals surface area contributed by atoms with Crippen molar-refractivity contribution in [3.63, 3.8) is 0 Å². The van der Waals surface area contributed by atoms with Crippen LogP contribution in [0, 0.1) is 11.8 Å². The standard InChI is InChI=1S/C9H10N2O2/c1-7-4-3-5-9(6-7)11(10-13)8(2)12/h3-6H,1-2H3. The van der Waals surface area contributed by atoms with Crippen LogP contribution in [0.5, 0.6) is 0 Å². The first kappa shape index (κ1) is 9.38. The molecule has 68 valence electrons. The van der Waals surface area contributed by atoms with Gasteiger partial charge in [0.1, 0.15) is 0 Å². The number of carbonyl (C=O) groups is 1. The number of hydrogen-bond acceptors (Lipinski definition) is 3. The number of rotatable bonds is 2. The topological polar surface area (TPSA) is 49.7 Å². The Morgan fingerprint density at radius 1 is 1.46 bits per heavy atom. The van der Waals surface area contributed by atoms with Gasteiger partial charge in [-0.05, 0) is 24.6 Å². The molecule has 0 unspecified atom stereocenters. The summed E-state index contributed by atoms with van der Waals surface area (Å²) in [5.74, 6) is -0.388. The normalized spacial score (nSPS) is 9.38. The summed E-state index contributed by atoms with van der Waals surface area (Å²) in [7, 11) is 0. The van der Waals surface area contributed by atoms with Crippen LogP contribution < -0.4 is 5.01 Å². The van der Waals surface area contributed by atoms with Crippen molar-refractivity contribution in [2.45, 2.75) is 13.8 Å². The largest absolute Gasteiger partial charge is 0.273 e. The van der Waals surface area contributed by atoms with E-state index >= 15 is 0 Å². The van der Waals surface area contributed by atoms with E-state index in [9.17, 15) is 9.70 Å². The molecule has 4 heteroatoms. The second kappa shape index (κ2) is 3.80. The van der Waals surface area contributed by atoms with Gasteiger partial charge in [0.15, 0.2) is 0 Å². The first-order valence-electron chi connectivity index (χ1n) is 3.86. The molecule has 0 aliphatic rings. The maximum absolute atomic E-state index is 10.9. The zero-order chi connectivity index (χ0) is 9.84. The number of nitroso groups, excluding NO2 is 1. The Labute approximate surface area is 76.1 Å². The van der Waals surface area contributed by atoms with Crippen molar-refractivity contribution in [1.29, 1.82) is 0 Å². The third-order valence-corrected chi connectivity index (χ3v) is 1.63. The van der Waals surface area contributed by atoms with Gasteiger partial charge in [-0.1, -0.05) is 12.1 Å². The number of anilines is 1. The van der Waals surface area contributed by atoms with Crippen LogP contribution in [0.3, 0.4) is 0 Å². The SMILES string of the molecule is CC(=O)N(N=O)c1cccc(C)c1. The fraction of sp³-hybridized carbons (Fsp3) is 0.222. The molecule has 0 N–H and O–H groups in total. The Hall–Kier alpha value is -1.71. The van der Waals surface area contributed by atoms with Crippen molar-refractivity contribution in [3.8, 4) is 0 Å². The molecular weight excluding hydrogens is 168 g/mol. The Morgan fingerprint density at radius 3 is 2.62 bits per heavy atom. The molecule has 4 nitrogen and oxygen atoms in total. The molecule has 0 saturated heterocycles. The van der Waals surface area contributed by atoms with Crippen LogP contribution in [-0.2, 0) is 4.79 Å². The minimum atomic E-state index is -0.388. The number of hydrogen-bond donors (Lipinski definition) is 0. The maximum Gasteiger partial charge on any atom is 0.246 e. The molecule has 0 heterocycles. The molecular formula is C9H10N2O2. The summed E-state index contributed by atoms with van der Waals surface area (Å²) in [5, 5.41) is 3.46. The summed E-state index contributed by atoms with van der Waals surface area (Å²) < 4.78 is 0. The average Bonchev–Trinajstić information content (AvgIpc) is 2.04. The van der Waals surface area contributed by atoms with Crippen LogP contribution in [0.25, 0.3) is 0 Å². The van der Waals surface area contributed by atoms with E-state index in [4.69, 9.17) is 0 Å². The zero-order valence-electron chi connectivity index (χ0n) is 7.52. The van der Waals surface area contributed by atoms with Crippen LogP contribution in [-0.4, -0.2) is 5.91 Å². The van der Waals surface area contributed by atoms with Crippen molar-refractivity contribution in [2.24, 2.45) is 5.29 Å². The van der Waals surface area contributed by atoms with Gasteiger partial charge < -0.3 is 0 Å². The van der Waals surface area contributed by atoms with Crippen molar-refractivity contribution < 1.29 is 4.79 Å². The van der Waals surface area contributed by atoms with E-state index in [1.807, 2.05) is 13.0 Å². The van der Waals surface area contributed by atoms with E-state index < -0.39 is 0 Å². The van der Waals surface area contributed by atoms with Gasteiger partial charge in [-0.2, -0.15) is 5.01 Å². The third-order valence-electron chi connectivity index (χ3n) is 1.63. The molecule has 13 heavy (non-hydrogen) atoms. The van der Waals surface area contributed by atoms with E-state index in [1.54, 1.807) is 18.2 Å². The molecule has 0 fully saturated rings. The van der Waals surface area contributed by atoms with Gasteiger partial charge >= 0.3 is 0 Å². The molecule has 0 aromatic heterocycles. The molecule has 1 aromatic carbocycles. The van der Waals surface area contributed by atoms with Gasteiger partial charge in [0, 0.05) is 6.92 Å². The molecule has 1 rings (SSSR count). The quantitative estimate of drug-likeness (QED) is 0.514. The molecule has 1 aromatic rings. The predicted octanol–water partition coefficient (Wildman–Crippen LogP) is 2.03. The summed E-state index contributed by atoms with van der Waals surface area (Å²) in [5.41, 5.74) is 1.48. The third kappa shape index (κ3) is 2.11. The minimum Gasteiger partial charge on any atom is -0.273 e. The Balaban J connectivity index is 3.04. The Kier molecular flexibility index (Phi) is 2.74. The molecule has 0 radical (unpaired) electrons. The van der Waals surface area contributed by atoms with Gasteiger partial charge in [0.05, 0.1) is 11.0 Å². The van der Waals surface area contributed by atoms with Crippen molar-refractivity contribution in [2.75, 3.05) is 5.01 Å². The highest BCUT2D eigenvalue weighted by atomic mass is 16.3. The second-order valence-corrected chi connectivity index (χ2v) is 2.75. The average molecular weight is 178 g/mol. The van der Waals surface area contributed by atoms with Crippen LogP contribution in [0.1, 0.15) is 12.5 Å². The first-order valence-corrected chi connectivity index (χ1v) is 3.86. The summed E-state index contributed by atoms with van der Waals surface area (Å²) in [6, 6.07) is 7.04. The van der Waals surface area contributed by atoms with Gasteiger partial charge in [-0.25, -0.2) is 0 Å². The molecule has 0 saturated carbocycles. The molecule has 0 bridgehead atoms. The summed E-state index contributed by atoms with van der Waals surface area (Å²) in [6.45, 7) is 3.18. The highest BCUT2D eigenvalue weighted by molar-refractivity contribution is 5.90. The lowest BCUT2D eigenvalue weighted by atomic mass is 10.2. The van der Waals surface area contributed by atoms with E-state index in [0.717, 1.165) is 10.6 Å². The lowest BCUT2D eigenvalue weighted by Gasteiger charge is -2.10. The van der Waals surface area contributed by atoms with E-state index in [-0.39, 0.29) is 5.91 Å². The van der Waals surface area contributed by atoms with Gasteiger partial charge in [-0.3, -0.25) is 4.79 Å². The van der Waals surface area contributed by atoms with Crippen LogP contribution in [0.15, 0.2) is 29.6 Å². The first-order chi connectivity index (χ1) is 6.15. The van der Waals surface area contributed by atoms with Crippen molar-refractivity contribution in [3.05, 3.63) is 34.7 Å². The molecule has 0 spiro atoms. The van der Waals surface area contributed by atoms with Gasteiger partial charge in [0.25, 0.3) is 0 Å². The van der Waals surface area contributed by atoms with Crippen molar-refractivity contribution >= 4 is 11.6 Å². The van der Waals surface area contributed by atoms with E-state index in [2.05, 4.69) is 5.29 Å². The molecule has 0 aliphatic carbocycles. The fourth-order valence-corrected chi connectivity index (χ4v) is 1.05. The smallest absolute Gasteiger partial charge is 0.246 e. The highest BCUT2D eigenvalue weighted by Gasteiger charge is 2.10. The minimum absolute atomic E-state index is 0.388. The lowest BCUT2D eigenvalue weighted by molar-refractivity contribution is -0.116. The predicted molar refractivity (Wildman–Crippen MR) is 50.1 cm³/mol. The van der Waals surface area contributed by atoms with Gasteiger partial charge in [0.2, 0.25) is 5.91 Å². The summed E-state index contributed by atoms with van der Waals surface area (Å²) in [6.07, 6.45) is 0. The number of amides is 1. The molecule has 0 aliphatic heterocycles. The number of aryl methyl sites for hydroxylation is 1. The number of nitrogens with zero attached hydrogens (tertiary/aromatic N) is 2. The Morgan fingerprint density at radius 2 is 2.15 bits per heavy atom. The van der Waals surface area contributed by atoms with Crippen molar-refractivity contribution in [1.82, 2.24) is 0 Å². The van der Waals surface area contributed by atoms with Crippen LogP contribution >= 0.6 is 0 Å². The maximum atomic E-state index is 10.9. The van der Waals surface area contributed by atoms with E-state index in [0.29, 0.717) is 5.69 Å². The number of carbonyl (C=O) groups excluding carboxylic acids is 1. The van der Waals surface area contributed by atoms with E-state index in [1.165, 1.54) is 6.92 Å². The van der Waals surface area contributed by atoms with Crippen LogP contribution in [0.4, 0.5) is 5.69 Å². The highest BCUT2D eigenvalue weighted by Crippen LogP contribution is 2.15. The zero-order valence-corrected chi connectivity index (χ0v) is 7.52. The number of benzene rings is 1. The lowest BCUT2D eigenvalue weighted by Crippen LogP contribution is -2.21. The Bertz CT molecular complexity index is 336.